The van der Waals surface area contributed by atoms with Crippen LogP contribution in [0.3, 0.4) is 0 Å². The summed E-state index contributed by atoms with van der Waals surface area (Å²) in [5.41, 5.74) is 0.999. The van der Waals surface area contributed by atoms with Crippen molar-refractivity contribution in [3.63, 3.8) is 0 Å². The van der Waals surface area contributed by atoms with Gasteiger partial charge in [0.05, 0.1) is 12.6 Å². The van der Waals surface area contributed by atoms with E-state index in [1.807, 2.05) is 13.0 Å². The number of hydrogen-bond acceptors (Lipinski definition) is 5. The van der Waals surface area contributed by atoms with Crippen molar-refractivity contribution in [1.82, 2.24) is 14.9 Å². The van der Waals surface area contributed by atoms with E-state index in [9.17, 15) is 5.11 Å². The summed E-state index contributed by atoms with van der Waals surface area (Å²) >= 11 is 0. The molecule has 0 bridgehead atoms. The number of aryl methyl sites for hydroxylation is 1. The molecule has 2 N–H and O–H groups in total. The van der Waals surface area contributed by atoms with Crippen LogP contribution in [0.25, 0.3) is 0 Å². The number of rotatable bonds is 5. The summed E-state index contributed by atoms with van der Waals surface area (Å²) in [4.78, 5) is 11.4. The first kappa shape index (κ1) is 15.2. The Hall–Kier alpha value is -1.20. The van der Waals surface area contributed by atoms with Crippen molar-refractivity contribution in [2.45, 2.75) is 46.3 Å². The lowest BCUT2D eigenvalue weighted by Gasteiger charge is -2.33. The van der Waals surface area contributed by atoms with Gasteiger partial charge in [0.15, 0.2) is 0 Å². The average Bonchev–Trinajstić information content (AvgIpc) is 2.40. The summed E-state index contributed by atoms with van der Waals surface area (Å²) in [5.74, 6) is 2.11. The van der Waals surface area contributed by atoms with Gasteiger partial charge in [0.1, 0.15) is 11.6 Å². The number of aromatic nitrogens is 2. The molecule has 112 valence electrons. The van der Waals surface area contributed by atoms with Gasteiger partial charge in [-0.1, -0.05) is 13.8 Å². The molecule has 1 fully saturated rings. The van der Waals surface area contributed by atoms with Crippen LogP contribution >= 0.6 is 0 Å². The van der Waals surface area contributed by atoms with Gasteiger partial charge in [-0.05, 0) is 25.7 Å². The van der Waals surface area contributed by atoms with Gasteiger partial charge in [0, 0.05) is 31.4 Å². The molecule has 1 aromatic heterocycles. The summed E-state index contributed by atoms with van der Waals surface area (Å²) < 4.78 is 0. The molecule has 0 aliphatic carbocycles. The number of likely N-dealkylation sites (tertiary alicyclic amines) is 1. The van der Waals surface area contributed by atoms with Gasteiger partial charge in [0.25, 0.3) is 0 Å². The third-order valence-electron chi connectivity index (χ3n) is 3.77. The zero-order chi connectivity index (χ0) is 14.5. The highest BCUT2D eigenvalue weighted by Crippen LogP contribution is 2.18. The number of nitrogens with zero attached hydrogens (tertiary/aromatic N) is 3. The van der Waals surface area contributed by atoms with Crippen molar-refractivity contribution in [2.75, 3.05) is 25.0 Å². The second kappa shape index (κ2) is 6.99. The lowest BCUT2D eigenvalue weighted by atomic mass is 9.97. The highest BCUT2D eigenvalue weighted by Gasteiger charge is 2.24. The van der Waals surface area contributed by atoms with Crippen LogP contribution in [0.15, 0.2) is 6.07 Å². The second-order valence-corrected chi connectivity index (χ2v) is 5.81. The molecular formula is C15H26N4O. The van der Waals surface area contributed by atoms with Crippen LogP contribution in [-0.4, -0.2) is 45.7 Å². The molecule has 20 heavy (non-hydrogen) atoms. The first-order valence-electron chi connectivity index (χ1n) is 7.57. The molecule has 1 aromatic rings. The van der Waals surface area contributed by atoms with Gasteiger partial charge < -0.3 is 10.4 Å². The maximum Gasteiger partial charge on any atom is 0.144 e. The van der Waals surface area contributed by atoms with E-state index in [-0.39, 0.29) is 6.10 Å². The first-order valence-corrected chi connectivity index (χ1v) is 7.57. The van der Waals surface area contributed by atoms with E-state index in [2.05, 4.69) is 34.0 Å². The minimum Gasteiger partial charge on any atom is -0.393 e. The highest BCUT2D eigenvalue weighted by atomic mass is 16.3. The predicted octanol–water partition coefficient (Wildman–Crippen LogP) is 1.81. The summed E-state index contributed by atoms with van der Waals surface area (Å²) in [7, 11) is 0. The Kier molecular flexibility index (Phi) is 5.31. The minimum absolute atomic E-state index is 0.161. The number of aliphatic hydroxyl groups is 1. The Morgan fingerprint density at radius 2 is 2.25 bits per heavy atom. The van der Waals surface area contributed by atoms with E-state index < -0.39 is 0 Å². The highest BCUT2D eigenvalue weighted by molar-refractivity contribution is 5.35. The van der Waals surface area contributed by atoms with Crippen molar-refractivity contribution in [3.8, 4) is 0 Å². The fraction of sp³-hybridized carbons (Fsp3) is 0.733. The van der Waals surface area contributed by atoms with Crippen molar-refractivity contribution in [1.29, 1.82) is 0 Å². The maximum atomic E-state index is 9.78. The van der Waals surface area contributed by atoms with Crippen LogP contribution in [0.2, 0.25) is 0 Å². The van der Waals surface area contributed by atoms with Crippen molar-refractivity contribution >= 4 is 5.82 Å². The van der Waals surface area contributed by atoms with Crippen LogP contribution in [0.5, 0.6) is 0 Å². The molecule has 2 unspecified atom stereocenters. The molecule has 0 radical (unpaired) electrons. The molecular weight excluding hydrogens is 252 g/mol. The number of piperidine rings is 1. The molecule has 0 saturated carbocycles. The fourth-order valence-electron chi connectivity index (χ4n) is 2.61. The van der Waals surface area contributed by atoms with E-state index in [1.54, 1.807) is 0 Å². The standard InChI is InChI=1S/C15H26N4O/c1-4-6-16-14-8-12(3)17-15(18-14)10-19-7-5-13(20)11(2)9-19/h8,11,13,20H,4-7,9-10H2,1-3H3,(H,16,17,18). The van der Waals surface area contributed by atoms with Crippen LogP contribution in [0.1, 0.15) is 38.2 Å². The van der Waals surface area contributed by atoms with Crippen LogP contribution in [0, 0.1) is 12.8 Å². The molecule has 5 heteroatoms. The van der Waals surface area contributed by atoms with Crippen LogP contribution in [0.4, 0.5) is 5.82 Å². The molecule has 1 aliphatic rings. The molecule has 2 rings (SSSR count). The summed E-state index contributed by atoms with van der Waals surface area (Å²) in [6, 6.07) is 1.99. The molecule has 1 saturated heterocycles. The van der Waals surface area contributed by atoms with E-state index in [0.29, 0.717) is 5.92 Å². The van der Waals surface area contributed by atoms with Crippen LogP contribution < -0.4 is 5.32 Å². The largest absolute Gasteiger partial charge is 0.393 e. The summed E-state index contributed by atoms with van der Waals surface area (Å²) in [6.45, 7) is 9.77. The Labute approximate surface area is 121 Å². The minimum atomic E-state index is -0.161. The third kappa shape index (κ3) is 4.15. The summed E-state index contributed by atoms with van der Waals surface area (Å²) in [5, 5.41) is 13.1. The second-order valence-electron chi connectivity index (χ2n) is 5.81. The monoisotopic (exact) mass is 278 g/mol. The van der Waals surface area contributed by atoms with Gasteiger partial charge in [0.2, 0.25) is 0 Å². The SMILES string of the molecule is CCCNc1cc(C)nc(CN2CCC(O)C(C)C2)n1. The molecule has 0 amide bonds. The van der Waals surface area contributed by atoms with E-state index in [1.165, 1.54) is 0 Å². The number of aliphatic hydroxyl groups excluding tert-OH is 1. The average molecular weight is 278 g/mol. The molecule has 2 atom stereocenters. The van der Waals surface area contributed by atoms with Crippen molar-refractivity contribution in [3.05, 3.63) is 17.6 Å². The third-order valence-corrected chi connectivity index (χ3v) is 3.77. The predicted molar refractivity (Wildman–Crippen MR) is 80.6 cm³/mol. The molecule has 2 heterocycles. The normalized spacial score (nSPS) is 23.8. The molecule has 5 nitrogen and oxygen atoms in total. The van der Waals surface area contributed by atoms with E-state index >= 15 is 0 Å². The fourth-order valence-corrected chi connectivity index (χ4v) is 2.61. The van der Waals surface area contributed by atoms with Crippen molar-refractivity contribution in [2.24, 2.45) is 5.92 Å². The Balaban J connectivity index is 1.99. The van der Waals surface area contributed by atoms with Gasteiger partial charge in [-0.25, -0.2) is 9.97 Å². The zero-order valence-corrected chi connectivity index (χ0v) is 12.8. The first-order chi connectivity index (χ1) is 9.58. The maximum absolute atomic E-state index is 9.78. The zero-order valence-electron chi connectivity index (χ0n) is 12.8. The smallest absolute Gasteiger partial charge is 0.144 e. The Morgan fingerprint density at radius 1 is 1.45 bits per heavy atom. The number of hydrogen-bond donors (Lipinski definition) is 2. The Bertz CT molecular complexity index is 438. The van der Waals surface area contributed by atoms with Crippen molar-refractivity contribution < 1.29 is 5.11 Å². The molecule has 1 aliphatic heterocycles. The van der Waals surface area contributed by atoms with Crippen LogP contribution in [-0.2, 0) is 6.54 Å². The van der Waals surface area contributed by atoms with Gasteiger partial charge in [-0.2, -0.15) is 0 Å². The Morgan fingerprint density at radius 3 is 2.95 bits per heavy atom. The number of anilines is 1. The lowest BCUT2D eigenvalue weighted by molar-refractivity contribution is 0.0310. The topological polar surface area (TPSA) is 61.3 Å². The lowest BCUT2D eigenvalue weighted by Crippen LogP contribution is -2.41. The van der Waals surface area contributed by atoms with Gasteiger partial charge in [-0.3, -0.25) is 4.90 Å². The quantitative estimate of drug-likeness (QED) is 0.860. The van der Waals surface area contributed by atoms with Gasteiger partial charge in [-0.15, -0.1) is 0 Å². The van der Waals surface area contributed by atoms with E-state index in [4.69, 9.17) is 0 Å². The number of nitrogens with one attached hydrogen (secondary N) is 1. The van der Waals surface area contributed by atoms with E-state index in [0.717, 1.165) is 56.4 Å². The summed E-state index contributed by atoms with van der Waals surface area (Å²) in [6.07, 6.45) is 1.76. The van der Waals surface area contributed by atoms with Gasteiger partial charge >= 0.3 is 0 Å². The molecule has 0 aromatic carbocycles. The molecule has 0 spiro atoms.